The van der Waals surface area contributed by atoms with Gasteiger partial charge in [-0.3, -0.25) is 0 Å². The van der Waals surface area contributed by atoms with E-state index < -0.39 is 0 Å². The van der Waals surface area contributed by atoms with Crippen molar-refractivity contribution in [2.75, 3.05) is 6.61 Å². The Balaban J connectivity index is 2.66. The number of hydrogen-bond acceptors (Lipinski definition) is 2. The van der Waals surface area contributed by atoms with E-state index in [1.165, 1.54) is 0 Å². The van der Waals surface area contributed by atoms with Crippen molar-refractivity contribution in [1.82, 2.24) is 0 Å². The average Bonchev–Trinajstić information content (AvgIpc) is 2.17. The quantitative estimate of drug-likeness (QED) is 0.880. The first-order chi connectivity index (χ1) is 7.29. The second kappa shape index (κ2) is 5.17. The largest absolute Gasteiger partial charge is 0.374 e. The van der Waals surface area contributed by atoms with Gasteiger partial charge in [0.15, 0.2) is 0 Å². The maximum atomic E-state index is 6.05. The molecule has 1 rings (SSSR count). The van der Waals surface area contributed by atoms with Crippen LogP contribution in [-0.4, -0.2) is 12.2 Å². The van der Waals surface area contributed by atoms with Crippen LogP contribution in [0.1, 0.15) is 37.9 Å². The molecule has 0 spiro atoms. The van der Waals surface area contributed by atoms with Crippen LogP contribution in [0, 0.1) is 6.92 Å². The molecule has 2 nitrogen and oxygen atoms in total. The van der Waals surface area contributed by atoms with Crippen LogP contribution >= 0.6 is 11.6 Å². The zero-order chi connectivity index (χ0) is 12.3. The van der Waals surface area contributed by atoms with Crippen LogP contribution in [0.2, 0.25) is 5.02 Å². The summed E-state index contributed by atoms with van der Waals surface area (Å²) in [6, 6.07) is 5.76. The summed E-state index contributed by atoms with van der Waals surface area (Å²) >= 11 is 6.05. The topological polar surface area (TPSA) is 35.2 Å². The number of ether oxygens (including phenoxy) is 1. The number of halogens is 1. The zero-order valence-electron chi connectivity index (χ0n) is 10.4. The van der Waals surface area contributed by atoms with Gasteiger partial charge in [0, 0.05) is 5.02 Å². The van der Waals surface area contributed by atoms with Crippen LogP contribution in [-0.2, 0) is 4.74 Å². The third kappa shape index (κ3) is 4.12. The molecule has 0 saturated heterocycles. The third-order valence-corrected chi connectivity index (χ3v) is 2.73. The lowest BCUT2D eigenvalue weighted by molar-refractivity contribution is -0.0102. The molecular formula is C13H20ClNO. The first kappa shape index (κ1) is 13.5. The third-order valence-electron chi connectivity index (χ3n) is 2.32. The summed E-state index contributed by atoms with van der Waals surface area (Å²) in [6.07, 6.45) is 0. The molecule has 1 atom stereocenters. The van der Waals surface area contributed by atoms with Crippen LogP contribution < -0.4 is 5.73 Å². The van der Waals surface area contributed by atoms with Crippen LogP contribution in [0.5, 0.6) is 0 Å². The SMILES string of the molecule is Cc1ccc(C(N)COC(C)(C)C)cc1Cl. The van der Waals surface area contributed by atoms with E-state index >= 15 is 0 Å². The van der Waals surface area contributed by atoms with Gasteiger partial charge >= 0.3 is 0 Å². The van der Waals surface area contributed by atoms with Gasteiger partial charge in [-0.1, -0.05) is 23.7 Å². The lowest BCUT2D eigenvalue weighted by Crippen LogP contribution is -2.26. The molecule has 0 aliphatic heterocycles. The molecule has 0 aromatic heterocycles. The van der Waals surface area contributed by atoms with Gasteiger partial charge in [-0.2, -0.15) is 0 Å². The zero-order valence-corrected chi connectivity index (χ0v) is 11.1. The number of rotatable bonds is 3. The number of aryl methyl sites for hydroxylation is 1. The Morgan fingerprint density at radius 3 is 2.50 bits per heavy atom. The van der Waals surface area contributed by atoms with Crippen molar-refractivity contribution in [2.45, 2.75) is 39.3 Å². The molecule has 0 bridgehead atoms. The molecule has 0 saturated carbocycles. The van der Waals surface area contributed by atoms with Gasteiger partial charge < -0.3 is 10.5 Å². The summed E-state index contributed by atoms with van der Waals surface area (Å²) in [4.78, 5) is 0. The second-order valence-electron chi connectivity index (χ2n) is 5.04. The van der Waals surface area contributed by atoms with Gasteiger partial charge in [0.1, 0.15) is 0 Å². The van der Waals surface area contributed by atoms with Crippen LogP contribution in [0.3, 0.4) is 0 Å². The van der Waals surface area contributed by atoms with E-state index in [2.05, 4.69) is 0 Å². The molecule has 0 aliphatic carbocycles. The van der Waals surface area contributed by atoms with E-state index in [-0.39, 0.29) is 11.6 Å². The van der Waals surface area contributed by atoms with Crippen LogP contribution in [0.25, 0.3) is 0 Å². The summed E-state index contributed by atoms with van der Waals surface area (Å²) in [6.45, 7) is 8.53. The number of hydrogen-bond donors (Lipinski definition) is 1. The highest BCUT2D eigenvalue weighted by Crippen LogP contribution is 2.21. The Labute approximate surface area is 103 Å². The highest BCUT2D eigenvalue weighted by Gasteiger charge is 2.14. The molecule has 1 aromatic carbocycles. The maximum Gasteiger partial charge on any atom is 0.0666 e. The van der Waals surface area contributed by atoms with E-state index in [1.54, 1.807) is 0 Å². The van der Waals surface area contributed by atoms with E-state index in [9.17, 15) is 0 Å². The minimum absolute atomic E-state index is 0.127. The fourth-order valence-electron chi connectivity index (χ4n) is 1.28. The van der Waals surface area contributed by atoms with E-state index in [0.717, 1.165) is 16.1 Å². The molecule has 0 amide bonds. The van der Waals surface area contributed by atoms with Crippen molar-refractivity contribution in [1.29, 1.82) is 0 Å². The minimum atomic E-state index is -0.161. The van der Waals surface area contributed by atoms with E-state index in [1.807, 2.05) is 45.9 Å². The van der Waals surface area contributed by atoms with Crippen molar-refractivity contribution in [3.63, 3.8) is 0 Å². The van der Waals surface area contributed by atoms with E-state index in [0.29, 0.717) is 6.61 Å². The molecular weight excluding hydrogens is 222 g/mol. The molecule has 0 aliphatic rings. The summed E-state index contributed by atoms with van der Waals surface area (Å²) < 4.78 is 5.65. The predicted molar refractivity (Wildman–Crippen MR) is 68.8 cm³/mol. The van der Waals surface area contributed by atoms with Crippen molar-refractivity contribution in [3.8, 4) is 0 Å². The predicted octanol–water partition coefficient (Wildman–Crippen LogP) is 3.46. The summed E-state index contributed by atoms with van der Waals surface area (Å²) in [5, 5.41) is 0.753. The molecule has 0 heterocycles. The highest BCUT2D eigenvalue weighted by molar-refractivity contribution is 6.31. The van der Waals surface area contributed by atoms with Gasteiger partial charge in [0.05, 0.1) is 18.2 Å². The maximum absolute atomic E-state index is 6.05. The number of benzene rings is 1. The van der Waals surface area contributed by atoms with Crippen molar-refractivity contribution in [3.05, 3.63) is 34.3 Å². The summed E-state index contributed by atoms with van der Waals surface area (Å²) in [7, 11) is 0. The Morgan fingerprint density at radius 1 is 1.38 bits per heavy atom. The fraction of sp³-hybridized carbons (Fsp3) is 0.538. The summed E-state index contributed by atoms with van der Waals surface area (Å²) in [5.74, 6) is 0. The Hall–Kier alpha value is -0.570. The van der Waals surface area contributed by atoms with Gasteiger partial charge in [-0.15, -0.1) is 0 Å². The molecule has 1 aromatic rings. The van der Waals surface area contributed by atoms with Gasteiger partial charge in [0.25, 0.3) is 0 Å². The van der Waals surface area contributed by atoms with Crippen molar-refractivity contribution >= 4 is 11.6 Å². The standard InChI is InChI=1S/C13H20ClNO/c1-9-5-6-10(7-11(9)14)12(15)8-16-13(2,3)4/h5-7,12H,8,15H2,1-4H3. The Bertz CT molecular complexity index is 357. The molecule has 2 N–H and O–H groups in total. The molecule has 16 heavy (non-hydrogen) atoms. The van der Waals surface area contributed by atoms with Crippen molar-refractivity contribution < 1.29 is 4.74 Å². The molecule has 0 radical (unpaired) electrons. The normalized spacial score (nSPS) is 13.9. The van der Waals surface area contributed by atoms with Crippen LogP contribution in [0.15, 0.2) is 18.2 Å². The van der Waals surface area contributed by atoms with Gasteiger partial charge in [-0.25, -0.2) is 0 Å². The molecule has 1 unspecified atom stereocenters. The lowest BCUT2D eigenvalue weighted by atomic mass is 10.1. The average molecular weight is 242 g/mol. The highest BCUT2D eigenvalue weighted by atomic mass is 35.5. The smallest absolute Gasteiger partial charge is 0.0666 e. The van der Waals surface area contributed by atoms with E-state index in [4.69, 9.17) is 22.1 Å². The lowest BCUT2D eigenvalue weighted by Gasteiger charge is -2.22. The first-order valence-electron chi connectivity index (χ1n) is 5.45. The molecule has 90 valence electrons. The molecule has 0 fully saturated rings. The van der Waals surface area contributed by atoms with Crippen LogP contribution in [0.4, 0.5) is 0 Å². The van der Waals surface area contributed by atoms with Gasteiger partial charge in [-0.05, 0) is 44.9 Å². The fourth-order valence-corrected chi connectivity index (χ4v) is 1.46. The first-order valence-corrected chi connectivity index (χ1v) is 5.83. The minimum Gasteiger partial charge on any atom is -0.374 e. The Kier molecular flexibility index (Phi) is 4.36. The number of nitrogens with two attached hydrogens (primary N) is 1. The monoisotopic (exact) mass is 241 g/mol. The van der Waals surface area contributed by atoms with Crippen molar-refractivity contribution in [2.24, 2.45) is 5.73 Å². The second-order valence-corrected chi connectivity index (χ2v) is 5.45. The Morgan fingerprint density at radius 2 is 2.00 bits per heavy atom. The molecule has 3 heteroatoms. The van der Waals surface area contributed by atoms with Gasteiger partial charge in [0.2, 0.25) is 0 Å². The summed E-state index contributed by atoms with van der Waals surface area (Å²) in [5.41, 5.74) is 7.95.